The number of pyridine rings is 1. The average molecular weight is 257 g/mol. The molecule has 0 spiro atoms. The number of carbonyl (C=O) groups is 1. The molecule has 3 aromatic rings. The minimum absolute atomic E-state index is 0.0239. The van der Waals surface area contributed by atoms with Crippen LogP contribution in [0.5, 0.6) is 0 Å². The molecule has 3 rings (SSSR count). The number of carboxylic acid groups (broad SMARTS) is 1. The predicted octanol–water partition coefficient (Wildman–Crippen LogP) is 1.14. The van der Waals surface area contributed by atoms with Crippen LogP contribution in [0.3, 0.4) is 0 Å². The van der Waals surface area contributed by atoms with Gasteiger partial charge in [-0.15, -0.1) is 5.10 Å². The molecule has 0 atom stereocenters. The van der Waals surface area contributed by atoms with Gasteiger partial charge in [0.25, 0.3) is 0 Å². The predicted molar refractivity (Wildman–Crippen MR) is 66.9 cm³/mol. The summed E-state index contributed by atoms with van der Waals surface area (Å²) < 4.78 is 3.28. The number of aryl methyl sites for hydroxylation is 2. The maximum Gasteiger partial charge on any atom is 0.356 e. The van der Waals surface area contributed by atoms with Gasteiger partial charge in [0, 0.05) is 25.0 Å². The van der Waals surface area contributed by atoms with Crippen molar-refractivity contribution >= 4 is 11.7 Å². The van der Waals surface area contributed by atoms with Crippen LogP contribution in [0.1, 0.15) is 16.2 Å². The highest BCUT2D eigenvalue weighted by Crippen LogP contribution is 2.20. The lowest BCUT2D eigenvalue weighted by atomic mass is 10.3. The molecule has 0 radical (unpaired) electrons. The van der Waals surface area contributed by atoms with Gasteiger partial charge in [0.15, 0.2) is 11.5 Å². The van der Waals surface area contributed by atoms with Crippen molar-refractivity contribution in [1.29, 1.82) is 0 Å². The normalized spacial score (nSPS) is 11.1. The fourth-order valence-corrected chi connectivity index (χ4v) is 2.02. The van der Waals surface area contributed by atoms with E-state index in [1.54, 1.807) is 30.9 Å². The number of rotatable bonds is 2. The van der Waals surface area contributed by atoms with Crippen LogP contribution >= 0.6 is 0 Å². The molecule has 19 heavy (non-hydrogen) atoms. The number of fused-ring (bicyclic) bond motifs is 1. The molecule has 3 heterocycles. The summed E-state index contributed by atoms with van der Waals surface area (Å²) in [5.41, 5.74) is 1.39. The van der Waals surface area contributed by atoms with Crippen molar-refractivity contribution in [1.82, 2.24) is 24.1 Å². The summed E-state index contributed by atoms with van der Waals surface area (Å²) in [6.07, 6.45) is 3.39. The molecule has 0 aliphatic rings. The first-order chi connectivity index (χ1) is 9.09. The summed E-state index contributed by atoms with van der Waals surface area (Å²) in [5.74, 6) is 0.135. The molecule has 96 valence electrons. The van der Waals surface area contributed by atoms with Crippen molar-refractivity contribution in [2.75, 3.05) is 0 Å². The zero-order valence-corrected chi connectivity index (χ0v) is 10.4. The summed E-state index contributed by atoms with van der Waals surface area (Å²) in [6.45, 7) is 1.68. The lowest BCUT2D eigenvalue weighted by molar-refractivity contribution is 0.0690. The maximum atomic E-state index is 11.0. The minimum atomic E-state index is -1.05. The van der Waals surface area contributed by atoms with E-state index in [9.17, 15) is 4.79 Å². The quantitative estimate of drug-likeness (QED) is 0.744. The molecule has 0 aliphatic carbocycles. The smallest absolute Gasteiger partial charge is 0.356 e. The van der Waals surface area contributed by atoms with Crippen LogP contribution < -0.4 is 0 Å². The zero-order valence-electron chi connectivity index (χ0n) is 10.4. The molecule has 7 nitrogen and oxygen atoms in total. The highest BCUT2D eigenvalue weighted by Gasteiger charge is 2.20. The monoisotopic (exact) mass is 257 g/mol. The second-order valence-electron chi connectivity index (χ2n) is 4.19. The van der Waals surface area contributed by atoms with Gasteiger partial charge in [-0.05, 0) is 19.1 Å². The fourth-order valence-electron chi connectivity index (χ4n) is 2.02. The summed E-state index contributed by atoms with van der Waals surface area (Å²) in [6, 6.07) is 3.71. The van der Waals surface area contributed by atoms with Crippen molar-refractivity contribution in [3.05, 3.63) is 35.9 Å². The van der Waals surface area contributed by atoms with Gasteiger partial charge in [0.05, 0.1) is 5.69 Å². The van der Waals surface area contributed by atoms with Crippen LogP contribution in [-0.2, 0) is 7.05 Å². The van der Waals surface area contributed by atoms with Crippen LogP contribution in [-0.4, -0.2) is 35.2 Å². The summed E-state index contributed by atoms with van der Waals surface area (Å²) in [5, 5.41) is 13.4. The first-order valence-corrected chi connectivity index (χ1v) is 5.65. The fraction of sp³-hybridized carbons (Fsp3) is 0.167. The molecule has 0 saturated heterocycles. The molecule has 7 heteroatoms. The minimum Gasteiger partial charge on any atom is -0.476 e. The summed E-state index contributed by atoms with van der Waals surface area (Å²) in [7, 11) is 1.79. The lowest BCUT2D eigenvalue weighted by Crippen LogP contribution is -2.01. The first-order valence-electron chi connectivity index (χ1n) is 5.65. The molecule has 0 aromatic carbocycles. The van der Waals surface area contributed by atoms with Crippen LogP contribution in [0.2, 0.25) is 0 Å². The number of hydrogen-bond acceptors (Lipinski definition) is 4. The average Bonchev–Trinajstić information content (AvgIpc) is 2.90. The molecule has 0 saturated carbocycles. The number of nitrogens with zero attached hydrogens (tertiary/aromatic N) is 5. The maximum absolute atomic E-state index is 11.0. The van der Waals surface area contributed by atoms with E-state index in [4.69, 9.17) is 5.11 Å². The van der Waals surface area contributed by atoms with Gasteiger partial charge in [-0.3, -0.25) is 9.55 Å². The van der Waals surface area contributed by atoms with E-state index in [0.29, 0.717) is 17.3 Å². The Morgan fingerprint density at radius 1 is 1.42 bits per heavy atom. The van der Waals surface area contributed by atoms with E-state index in [0.717, 1.165) is 5.56 Å². The SMILES string of the molecule is Cc1c(C(=O)O)nc2n(C)c(-c3cccnc3)nn12. The van der Waals surface area contributed by atoms with Crippen LogP contribution in [0, 0.1) is 6.92 Å². The highest BCUT2D eigenvalue weighted by atomic mass is 16.4. The molecule has 1 N–H and O–H groups in total. The second-order valence-corrected chi connectivity index (χ2v) is 4.19. The van der Waals surface area contributed by atoms with Gasteiger partial charge >= 0.3 is 5.97 Å². The van der Waals surface area contributed by atoms with E-state index in [1.165, 1.54) is 4.52 Å². The van der Waals surface area contributed by atoms with Crippen LogP contribution in [0.4, 0.5) is 0 Å². The van der Waals surface area contributed by atoms with Crippen molar-refractivity contribution in [2.45, 2.75) is 6.92 Å². The third kappa shape index (κ3) is 1.59. The second kappa shape index (κ2) is 3.91. The third-order valence-electron chi connectivity index (χ3n) is 3.00. The standard InChI is InChI=1S/C12H11N5O2/c1-7-9(11(18)19)14-12-16(2)10(15-17(7)12)8-4-3-5-13-6-8/h3-6H,1-2H3,(H,18,19). The van der Waals surface area contributed by atoms with Gasteiger partial charge in [0.1, 0.15) is 0 Å². The Bertz CT molecular complexity index is 772. The molecular weight excluding hydrogens is 246 g/mol. The van der Waals surface area contributed by atoms with Crippen molar-refractivity contribution in [3.8, 4) is 11.4 Å². The van der Waals surface area contributed by atoms with Crippen LogP contribution in [0.15, 0.2) is 24.5 Å². The Morgan fingerprint density at radius 2 is 2.21 bits per heavy atom. The zero-order chi connectivity index (χ0) is 13.6. The van der Waals surface area contributed by atoms with E-state index < -0.39 is 5.97 Å². The highest BCUT2D eigenvalue weighted by molar-refractivity contribution is 5.87. The number of carboxylic acids is 1. The summed E-state index contributed by atoms with van der Waals surface area (Å²) >= 11 is 0. The van der Waals surface area contributed by atoms with Gasteiger partial charge in [-0.1, -0.05) is 0 Å². The topological polar surface area (TPSA) is 85.3 Å². The van der Waals surface area contributed by atoms with Gasteiger partial charge in [-0.25, -0.2) is 14.3 Å². The van der Waals surface area contributed by atoms with Crippen molar-refractivity contribution in [2.24, 2.45) is 7.05 Å². The van der Waals surface area contributed by atoms with Crippen molar-refractivity contribution in [3.63, 3.8) is 0 Å². The molecular formula is C12H11N5O2. The van der Waals surface area contributed by atoms with Gasteiger partial charge in [-0.2, -0.15) is 0 Å². The molecule has 0 unspecified atom stereocenters. The molecule has 0 aliphatic heterocycles. The molecule has 3 aromatic heterocycles. The third-order valence-corrected chi connectivity index (χ3v) is 3.00. The van der Waals surface area contributed by atoms with E-state index in [1.807, 2.05) is 12.1 Å². The Kier molecular flexibility index (Phi) is 2.34. The molecule has 0 fully saturated rings. The Labute approximate surface area is 108 Å². The van der Waals surface area contributed by atoms with Crippen LogP contribution in [0.25, 0.3) is 17.2 Å². The Morgan fingerprint density at radius 3 is 2.79 bits per heavy atom. The number of hydrogen-bond donors (Lipinski definition) is 1. The van der Waals surface area contributed by atoms with Gasteiger partial charge < -0.3 is 5.11 Å². The summed E-state index contributed by atoms with van der Waals surface area (Å²) in [4.78, 5) is 19.2. The van der Waals surface area contributed by atoms with E-state index in [-0.39, 0.29) is 5.69 Å². The van der Waals surface area contributed by atoms with E-state index in [2.05, 4.69) is 15.1 Å². The molecule has 0 bridgehead atoms. The number of imidazole rings is 1. The lowest BCUT2D eigenvalue weighted by Gasteiger charge is -1.99. The number of aromatic carboxylic acids is 1. The molecule has 0 amide bonds. The first kappa shape index (κ1) is 11.4. The van der Waals surface area contributed by atoms with Crippen molar-refractivity contribution < 1.29 is 9.90 Å². The van der Waals surface area contributed by atoms with E-state index >= 15 is 0 Å². The Balaban J connectivity index is 2.26. The number of aromatic nitrogens is 5. The largest absolute Gasteiger partial charge is 0.476 e. The van der Waals surface area contributed by atoms with Gasteiger partial charge in [0.2, 0.25) is 5.78 Å². The Hall–Kier alpha value is -2.70.